The fraction of sp³-hybridized carbons (Fsp3) is 0.667. The van der Waals surface area contributed by atoms with Crippen LogP contribution >= 0.6 is 12.6 Å². The molecule has 0 bridgehead atoms. The summed E-state index contributed by atoms with van der Waals surface area (Å²) in [7, 11) is 0. The van der Waals surface area contributed by atoms with Crippen molar-refractivity contribution < 1.29 is 32.3 Å². The van der Waals surface area contributed by atoms with Gasteiger partial charge in [0.1, 0.15) is 0 Å². The van der Waals surface area contributed by atoms with E-state index in [9.17, 15) is 4.79 Å². The van der Waals surface area contributed by atoms with Gasteiger partial charge in [0.2, 0.25) is 0 Å². The summed E-state index contributed by atoms with van der Waals surface area (Å²) in [5, 5.41) is 7.38. The maximum absolute atomic E-state index is 9.62. The minimum Gasteiger partial charge on any atom is -0.480 e. The fourth-order valence-electron chi connectivity index (χ4n) is 0. The second-order valence-electron chi connectivity index (χ2n) is 1.01. The predicted molar refractivity (Wildman–Crippen MR) is 26.1 cm³/mol. The van der Waals surface area contributed by atoms with E-state index in [1.54, 1.807) is 0 Å². The summed E-state index contributed by atoms with van der Waals surface area (Å²) in [6.45, 7) is 1.51. The molecule has 0 saturated heterocycles. The van der Waals surface area contributed by atoms with Gasteiger partial charge in [-0.25, -0.2) is 0 Å². The quantitative estimate of drug-likeness (QED) is 0.543. The number of aliphatic carboxylic acids is 1. The Labute approximate surface area is 63.2 Å². The van der Waals surface area contributed by atoms with Crippen molar-refractivity contribution in [1.82, 2.24) is 0 Å². The molecule has 0 spiro atoms. The van der Waals surface area contributed by atoms with Gasteiger partial charge in [0.25, 0.3) is 0 Å². The van der Waals surface area contributed by atoms with Crippen molar-refractivity contribution in [1.29, 1.82) is 0 Å². The Hall–Kier alpha value is 0.560. The fourth-order valence-corrected chi connectivity index (χ4v) is 0. The van der Waals surface area contributed by atoms with Gasteiger partial charge in [-0.2, -0.15) is 12.6 Å². The molecule has 0 saturated carbocycles. The molecule has 0 rings (SSSR count). The summed E-state index contributed by atoms with van der Waals surface area (Å²) in [6, 6.07) is 0. The molecule has 4 heteroatoms. The maximum atomic E-state index is 9.62. The normalized spacial score (nSPS) is 11.7. The molecular weight excluding hydrogens is 297 g/mol. The molecule has 0 aliphatic rings. The average Bonchev–Trinajstić information content (AvgIpc) is 1.36. The van der Waals surface area contributed by atoms with Crippen LogP contribution in [0.4, 0.5) is 0 Å². The van der Waals surface area contributed by atoms with Crippen molar-refractivity contribution in [2.24, 2.45) is 0 Å². The minimum atomic E-state index is -0.877. The summed E-state index contributed by atoms with van der Waals surface area (Å²) in [4.78, 5) is 9.62. The molecule has 1 unspecified atom stereocenters. The predicted octanol–water partition coefficient (Wildman–Crippen LogP) is 0.387. The Morgan fingerprint density at radius 3 is 2.00 bits per heavy atom. The van der Waals surface area contributed by atoms with Gasteiger partial charge in [-0.05, 0) is 6.92 Å². The van der Waals surface area contributed by atoms with E-state index in [1.807, 2.05) is 0 Å². The van der Waals surface area contributed by atoms with E-state index in [4.69, 9.17) is 5.11 Å². The number of carboxylic acids is 1. The number of thiol groups is 1. The van der Waals surface area contributed by atoms with Crippen molar-refractivity contribution in [3.63, 3.8) is 0 Å². The second kappa shape index (κ2) is 4.71. The molecule has 0 aromatic carbocycles. The van der Waals surface area contributed by atoms with Crippen LogP contribution in [0, 0.1) is 0 Å². The van der Waals surface area contributed by atoms with Crippen LogP contribution in [-0.2, 0) is 27.2 Å². The molecule has 0 aliphatic carbocycles. The van der Waals surface area contributed by atoms with Gasteiger partial charge < -0.3 is 5.11 Å². The molecule has 0 amide bonds. The van der Waals surface area contributed by atoms with Crippen LogP contribution in [0.1, 0.15) is 6.92 Å². The Bertz CT molecular complexity index is 64.0. The van der Waals surface area contributed by atoms with E-state index in [2.05, 4.69) is 12.6 Å². The number of rotatable bonds is 1. The summed E-state index contributed by atoms with van der Waals surface area (Å²) in [5.74, 6) is -0.877. The first-order chi connectivity index (χ1) is 2.64. The van der Waals surface area contributed by atoms with Gasteiger partial charge in [-0.3, -0.25) is 4.79 Å². The van der Waals surface area contributed by atoms with E-state index in [1.165, 1.54) is 6.92 Å². The van der Waals surface area contributed by atoms with Crippen LogP contribution < -0.4 is 0 Å². The molecule has 0 heterocycles. The van der Waals surface area contributed by atoms with Crippen molar-refractivity contribution in [2.75, 3.05) is 0 Å². The van der Waals surface area contributed by atoms with Gasteiger partial charge in [0, 0.05) is 22.4 Å². The first-order valence-corrected chi connectivity index (χ1v) is 2.07. The number of hydrogen-bond acceptors (Lipinski definition) is 2. The largest absolute Gasteiger partial charge is 0.480 e. The van der Waals surface area contributed by atoms with Crippen LogP contribution in [0.25, 0.3) is 0 Å². The number of carbonyl (C=O) groups is 1. The Morgan fingerprint density at radius 2 is 2.00 bits per heavy atom. The number of carboxylic acid groups (broad SMARTS) is 1. The Balaban J connectivity index is 0. The maximum Gasteiger partial charge on any atom is 0.316 e. The van der Waals surface area contributed by atoms with Gasteiger partial charge in [0.15, 0.2) is 0 Å². The zero-order chi connectivity index (χ0) is 5.15. The van der Waals surface area contributed by atoms with Crippen molar-refractivity contribution >= 4 is 18.6 Å². The summed E-state index contributed by atoms with van der Waals surface area (Å²) in [6.07, 6.45) is 0. The van der Waals surface area contributed by atoms with Gasteiger partial charge in [0.05, 0.1) is 5.25 Å². The molecule has 1 N–H and O–H groups in total. The molecular formula is C3H6AuO2S. The zero-order valence-electron chi connectivity index (χ0n) is 3.68. The average molecular weight is 303 g/mol. The van der Waals surface area contributed by atoms with Crippen LogP contribution in [0.15, 0.2) is 0 Å². The first kappa shape index (κ1) is 10.5. The van der Waals surface area contributed by atoms with Crippen molar-refractivity contribution in [2.45, 2.75) is 12.2 Å². The molecule has 1 radical (unpaired) electrons. The Morgan fingerprint density at radius 1 is 1.86 bits per heavy atom. The summed E-state index contributed by atoms with van der Waals surface area (Å²) >= 11 is 3.59. The van der Waals surface area contributed by atoms with Crippen LogP contribution in [0.2, 0.25) is 0 Å². The number of hydrogen-bond donors (Lipinski definition) is 2. The molecule has 0 aromatic rings. The van der Waals surface area contributed by atoms with Gasteiger partial charge in [-0.1, -0.05) is 0 Å². The van der Waals surface area contributed by atoms with Gasteiger partial charge >= 0.3 is 5.97 Å². The molecule has 0 aromatic heterocycles. The zero-order valence-corrected chi connectivity index (χ0v) is 6.74. The molecule has 2 nitrogen and oxygen atoms in total. The Kier molecular flexibility index (Phi) is 7.09. The smallest absolute Gasteiger partial charge is 0.316 e. The monoisotopic (exact) mass is 303 g/mol. The third-order valence-corrected chi connectivity index (χ3v) is 0.578. The van der Waals surface area contributed by atoms with Gasteiger partial charge in [-0.15, -0.1) is 0 Å². The van der Waals surface area contributed by atoms with Crippen LogP contribution in [-0.4, -0.2) is 16.3 Å². The SMILES string of the molecule is CC(S)C(=O)O.[Au]. The first-order valence-electron chi connectivity index (χ1n) is 1.55. The van der Waals surface area contributed by atoms with Crippen molar-refractivity contribution in [3.05, 3.63) is 0 Å². The minimum absolute atomic E-state index is 0. The molecule has 0 fully saturated rings. The van der Waals surface area contributed by atoms with Crippen LogP contribution in [0.3, 0.4) is 0 Å². The van der Waals surface area contributed by atoms with E-state index in [-0.39, 0.29) is 22.4 Å². The molecule has 1 atom stereocenters. The second-order valence-corrected chi connectivity index (χ2v) is 1.79. The van der Waals surface area contributed by atoms with Crippen LogP contribution in [0.5, 0.6) is 0 Å². The summed E-state index contributed by atoms with van der Waals surface area (Å²) < 4.78 is 0. The summed E-state index contributed by atoms with van der Waals surface area (Å²) in [5.41, 5.74) is 0. The molecule has 47 valence electrons. The third kappa shape index (κ3) is 6.56. The topological polar surface area (TPSA) is 37.3 Å². The van der Waals surface area contributed by atoms with E-state index in [0.717, 1.165) is 0 Å². The standard InChI is InChI=1S/C3H6O2S.Au/c1-2(6)3(4)5;/h2,6H,1H3,(H,4,5);. The van der Waals surface area contributed by atoms with E-state index < -0.39 is 11.2 Å². The molecule has 0 aliphatic heterocycles. The third-order valence-electron chi connectivity index (χ3n) is 0.357. The van der Waals surface area contributed by atoms with Crippen molar-refractivity contribution in [3.8, 4) is 0 Å². The van der Waals surface area contributed by atoms with E-state index >= 15 is 0 Å². The molecule has 7 heavy (non-hydrogen) atoms. The van der Waals surface area contributed by atoms with E-state index in [0.29, 0.717) is 0 Å².